The third-order valence-corrected chi connectivity index (χ3v) is 4.27. The topological polar surface area (TPSA) is 92.7 Å². The van der Waals surface area contributed by atoms with E-state index in [-0.39, 0.29) is 18.2 Å². The number of carbonyl (C=O) groups excluding carboxylic acids is 1. The molecule has 1 aliphatic heterocycles. The smallest absolute Gasteiger partial charge is 0.275 e. The Morgan fingerprint density at radius 1 is 1.16 bits per heavy atom. The van der Waals surface area contributed by atoms with Crippen molar-refractivity contribution in [1.82, 2.24) is 4.98 Å². The first-order valence-electron chi connectivity index (χ1n) is 7.40. The lowest BCUT2D eigenvalue weighted by molar-refractivity contribution is 0.102. The highest BCUT2D eigenvalue weighted by Gasteiger charge is 2.15. The lowest BCUT2D eigenvalue weighted by atomic mass is 10.3. The zero-order valence-electron chi connectivity index (χ0n) is 12.9. The summed E-state index contributed by atoms with van der Waals surface area (Å²) in [5, 5.41) is 17.7. The van der Waals surface area contributed by atoms with Crippen molar-refractivity contribution in [2.45, 2.75) is 0 Å². The number of anilines is 3. The van der Waals surface area contributed by atoms with Gasteiger partial charge in [0.05, 0.1) is 5.69 Å². The largest absolute Gasteiger partial charge is 0.506 e. The number of thiazole rings is 1. The molecule has 0 fully saturated rings. The second-order valence-electron chi connectivity index (χ2n) is 5.20. The molecule has 2 aromatic carbocycles. The molecule has 0 atom stereocenters. The Morgan fingerprint density at radius 3 is 2.88 bits per heavy atom. The van der Waals surface area contributed by atoms with Crippen molar-refractivity contribution < 1.29 is 19.4 Å². The maximum Gasteiger partial charge on any atom is 0.275 e. The highest BCUT2D eigenvalue weighted by atomic mass is 32.1. The van der Waals surface area contributed by atoms with Gasteiger partial charge in [0, 0.05) is 17.1 Å². The van der Waals surface area contributed by atoms with Crippen molar-refractivity contribution in [1.29, 1.82) is 0 Å². The molecule has 126 valence electrons. The van der Waals surface area contributed by atoms with Gasteiger partial charge in [-0.3, -0.25) is 4.79 Å². The van der Waals surface area contributed by atoms with Crippen molar-refractivity contribution in [2.75, 3.05) is 17.4 Å². The zero-order valence-corrected chi connectivity index (χ0v) is 13.7. The lowest BCUT2D eigenvalue weighted by Crippen LogP contribution is -2.12. The summed E-state index contributed by atoms with van der Waals surface area (Å²) in [6.07, 6.45) is 0. The molecule has 0 aliphatic carbocycles. The summed E-state index contributed by atoms with van der Waals surface area (Å²) >= 11 is 1.30. The Hall–Kier alpha value is -3.26. The van der Waals surface area contributed by atoms with Gasteiger partial charge in [-0.05, 0) is 24.3 Å². The van der Waals surface area contributed by atoms with Crippen molar-refractivity contribution in [2.24, 2.45) is 0 Å². The van der Waals surface area contributed by atoms with Crippen LogP contribution in [-0.2, 0) is 0 Å². The molecular formula is C17H13N3O4S. The molecule has 0 bridgehead atoms. The number of fused-ring (bicyclic) bond motifs is 1. The quantitative estimate of drug-likeness (QED) is 0.620. The second kappa shape index (κ2) is 6.33. The van der Waals surface area contributed by atoms with Gasteiger partial charge in [-0.15, -0.1) is 11.3 Å². The molecule has 0 radical (unpaired) electrons. The van der Waals surface area contributed by atoms with E-state index in [1.54, 1.807) is 23.6 Å². The van der Waals surface area contributed by atoms with Crippen LogP contribution in [0.4, 0.5) is 16.5 Å². The minimum Gasteiger partial charge on any atom is -0.506 e. The third-order valence-electron chi connectivity index (χ3n) is 3.51. The van der Waals surface area contributed by atoms with Crippen molar-refractivity contribution >= 4 is 33.8 Å². The van der Waals surface area contributed by atoms with E-state index in [1.165, 1.54) is 17.4 Å². The molecule has 0 unspecified atom stereocenters. The number of hydrogen-bond donors (Lipinski definition) is 3. The van der Waals surface area contributed by atoms with Crippen LogP contribution in [0.25, 0.3) is 0 Å². The molecule has 8 heteroatoms. The van der Waals surface area contributed by atoms with Gasteiger partial charge in [0.25, 0.3) is 5.91 Å². The Bertz CT molecular complexity index is 941. The molecule has 4 rings (SSSR count). The van der Waals surface area contributed by atoms with Crippen molar-refractivity contribution in [3.05, 3.63) is 53.5 Å². The van der Waals surface area contributed by atoms with Crippen molar-refractivity contribution in [3.63, 3.8) is 0 Å². The van der Waals surface area contributed by atoms with Gasteiger partial charge < -0.3 is 25.2 Å². The average Bonchev–Trinajstić information content (AvgIpc) is 3.26. The number of rotatable bonds is 4. The van der Waals surface area contributed by atoms with E-state index in [9.17, 15) is 9.90 Å². The van der Waals surface area contributed by atoms with E-state index in [2.05, 4.69) is 15.6 Å². The standard InChI is InChI=1S/C17H13N3O4S/c21-13-4-2-1-3-11(13)19-16(22)12-8-25-17(20-12)18-10-5-6-14-15(7-10)24-9-23-14/h1-8,21H,9H2,(H,18,20)(H,19,22). The number of amides is 1. The van der Waals surface area contributed by atoms with Crippen LogP contribution in [0.15, 0.2) is 47.8 Å². The number of carbonyl (C=O) groups is 1. The predicted octanol–water partition coefficient (Wildman–Crippen LogP) is 3.57. The molecule has 0 saturated heterocycles. The van der Waals surface area contributed by atoms with Crippen LogP contribution in [0.5, 0.6) is 17.2 Å². The molecule has 0 saturated carbocycles. The van der Waals surface area contributed by atoms with Crippen LogP contribution in [0, 0.1) is 0 Å². The monoisotopic (exact) mass is 355 g/mol. The van der Waals surface area contributed by atoms with Crippen LogP contribution in [0.1, 0.15) is 10.5 Å². The summed E-state index contributed by atoms with van der Waals surface area (Å²) in [6, 6.07) is 12.0. The Morgan fingerprint density at radius 2 is 2.00 bits per heavy atom. The SMILES string of the molecule is O=C(Nc1ccccc1O)c1csc(Nc2ccc3c(c2)OCO3)n1. The van der Waals surface area contributed by atoms with Crippen LogP contribution < -0.4 is 20.1 Å². The van der Waals surface area contributed by atoms with E-state index < -0.39 is 5.91 Å². The maximum atomic E-state index is 12.2. The number of para-hydroxylation sites is 2. The van der Waals surface area contributed by atoms with Crippen LogP contribution >= 0.6 is 11.3 Å². The molecule has 3 N–H and O–H groups in total. The van der Waals surface area contributed by atoms with Crippen LogP contribution in [0.2, 0.25) is 0 Å². The van der Waals surface area contributed by atoms with Gasteiger partial charge >= 0.3 is 0 Å². The first-order valence-corrected chi connectivity index (χ1v) is 8.28. The molecular weight excluding hydrogens is 342 g/mol. The number of aromatic hydroxyl groups is 1. The first kappa shape index (κ1) is 15.3. The number of phenols is 1. The highest BCUT2D eigenvalue weighted by molar-refractivity contribution is 7.14. The second-order valence-corrected chi connectivity index (χ2v) is 6.06. The summed E-state index contributed by atoms with van der Waals surface area (Å²) in [4.78, 5) is 16.5. The molecule has 1 aromatic heterocycles. The van der Waals surface area contributed by atoms with E-state index in [4.69, 9.17) is 9.47 Å². The minimum absolute atomic E-state index is 0.00443. The van der Waals surface area contributed by atoms with Gasteiger partial charge in [0.2, 0.25) is 6.79 Å². The van der Waals surface area contributed by atoms with E-state index in [0.29, 0.717) is 22.3 Å². The Balaban J connectivity index is 1.46. The number of nitrogens with zero attached hydrogens (tertiary/aromatic N) is 1. The Kier molecular flexibility index (Phi) is 3.87. The minimum atomic E-state index is -0.392. The number of hydrogen-bond acceptors (Lipinski definition) is 7. The first-order chi connectivity index (χ1) is 12.2. The summed E-state index contributed by atoms with van der Waals surface area (Å²) in [5.74, 6) is 0.979. The number of ether oxygens (including phenoxy) is 2. The average molecular weight is 355 g/mol. The predicted molar refractivity (Wildman–Crippen MR) is 94.0 cm³/mol. The van der Waals surface area contributed by atoms with Crippen molar-refractivity contribution in [3.8, 4) is 17.2 Å². The van der Waals surface area contributed by atoms with Crippen LogP contribution in [0.3, 0.4) is 0 Å². The normalized spacial score (nSPS) is 12.0. The van der Waals surface area contributed by atoms with E-state index >= 15 is 0 Å². The fourth-order valence-electron chi connectivity index (χ4n) is 2.30. The highest BCUT2D eigenvalue weighted by Crippen LogP contribution is 2.35. The summed E-state index contributed by atoms with van der Waals surface area (Å²) in [5.41, 5.74) is 1.38. The number of benzene rings is 2. The zero-order chi connectivity index (χ0) is 17.2. The number of phenolic OH excluding ortho intramolecular Hbond substituents is 1. The molecule has 1 amide bonds. The van der Waals surface area contributed by atoms with Gasteiger partial charge in [-0.2, -0.15) is 0 Å². The molecule has 0 spiro atoms. The number of nitrogens with one attached hydrogen (secondary N) is 2. The van der Waals surface area contributed by atoms with E-state index in [0.717, 1.165) is 5.69 Å². The maximum absolute atomic E-state index is 12.2. The molecule has 7 nitrogen and oxygen atoms in total. The summed E-state index contributed by atoms with van der Waals surface area (Å²) < 4.78 is 10.6. The summed E-state index contributed by atoms with van der Waals surface area (Å²) in [7, 11) is 0. The molecule has 25 heavy (non-hydrogen) atoms. The Labute approximate surface area is 146 Å². The van der Waals surface area contributed by atoms with Gasteiger partial charge in [-0.25, -0.2) is 4.98 Å². The molecule has 1 aliphatic rings. The fourth-order valence-corrected chi connectivity index (χ4v) is 3.01. The van der Waals surface area contributed by atoms with Gasteiger partial charge in [0.15, 0.2) is 16.6 Å². The lowest BCUT2D eigenvalue weighted by Gasteiger charge is -2.05. The molecule has 3 aromatic rings. The van der Waals surface area contributed by atoms with Crippen LogP contribution in [-0.4, -0.2) is 22.8 Å². The third kappa shape index (κ3) is 3.20. The van der Waals surface area contributed by atoms with Gasteiger partial charge in [-0.1, -0.05) is 12.1 Å². The molecule has 2 heterocycles. The van der Waals surface area contributed by atoms with E-state index in [1.807, 2.05) is 18.2 Å². The number of aromatic nitrogens is 1. The summed E-state index contributed by atoms with van der Waals surface area (Å²) in [6.45, 7) is 0.215. The fraction of sp³-hybridized carbons (Fsp3) is 0.0588. The van der Waals surface area contributed by atoms with Gasteiger partial charge in [0.1, 0.15) is 11.4 Å².